The second-order valence-electron chi connectivity index (χ2n) is 3.95. The second kappa shape index (κ2) is 8.21. The number of methoxy groups -OCH3 is 2. The molecule has 0 fully saturated rings. The molecule has 0 N–H and O–H groups in total. The van der Waals surface area contributed by atoms with E-state index in [1.165, 1.54) is 26.4 Å². The van der Waals surface area contributed by atoms with E-state index in [1.54, 1.807) is 0 Å². The topological polar surface area (TPSA) is 27.7 Å². The van der Waals surface area contributed by atoms with Crippen molar-refractivity contribution >= 4 is 11.6 Å². The molecular formula is C13H16ClF3O3. The van der Waals surface area contributed by atoms with Crippen molar-refractivity contribution in [2.45, 2.75) is 18.2 Å². The molecule has 0 saturated heterocycles. The van der Waals surface area contributed by atoms with Gasteiger partial charge in [-0.1, -0.05) is 0 Å². The Morgan fingerprint density at radius 1 is 1.15 bits per heavy atom. The molecule has 1 atom stereocenters. The van der Waals surface area contributed by atoms with Gasteiger partial charge in [0, 0.05) is 18.2 Å². The molecule has 7 heteroatoms. The van der Waals surface area contributed by atoms with Crippen molar-refractivity contribution in [3.8, 4) is 11.5 Å². The third-order valence-electron chi connectivity index (χ3n) is 2.60. The minimum atomic E-state index is -2.53. The fraction of sp³-hybridized carbons (Fsp3) is 0.538. The highest BCUT2D eigenvalue weighted by molar-refractivity contribution is 6.20. The quantitative estimate of drug-likeness (QED) is 0.540. The predicted octanol–water partition coefficient (Wildman–Crippen LogP) is 3.79. The van der Waals surface area contributed by atoms with Crippen LogP contribution in [-0.2, 0) is 4.74 Å². The van der Waals surface area contributed by atoms with E-state index in [1.807, 2.05) is 0 Å². The first-order valence-corrected chi connectivity index (χ1v) is 6.34. The maximum absolute atomic E-state index is 13.9. The smallest absolute Gasteiger partial charge is 0.261 e. The van der Waals surface area contributed by atoms with Gasteiger partial charge >= 0.3 is 0 Å². The highest BCUT2D eigenvalue weighted by Crippen LogP contribution is 2.35. The van der Waals surface area contributed by atoms with Crippen molar-refractivity contribution in [2.24, 2.45) is 0 Å². The van der Waals surface area contributed by atoms with Crippen LogP contribution in [0.2, 0.25) is 0 Å². The lowest BCUT2D eigenvalue weighted by molar-refractivity contribution is 0.0165. The summed E-state index contributed by atoms with van der Waals surface area (Å²) in [5, 5.41) is -0.701. The zero-order valence-electron chi connectivity index (χ0n) is 11.2. The van der Waals surface area contributed by atoms with E-state index in [0.717, 1.165) is 0 Å². The van der Waals surface area contributed by atoms with Crippen molar-refractivity contribution in [2.75, 3.05) is 27.4 Å². The Morgan fingerprint density at radius 3 is 2.30 bits per heavy atom. The molecule has 0 bridgehead atoms. The summed E-state index contributed by atoms with van der Waals surface area (Å²) in [4.78, 5) is 0. The normalized spacial score (nSPS) is 12.6. The van der Waals surface area contributed by atoms with Crippen LogP contribution in [-0.4, -0.2) is 33.9 Å². The Bertz CT molecular complexity index is 430. The van der Waals surface area contributed by atoms with Gasteiger partial charge < -0.3 is 14.2 Å². The molecule has 0 amide bonds. The third-order valence-corrected chi connectivity index (χ3v) is 3.05. The van der Waals surface area contributed by atoms with Gasteiger partial charge in [-0.25, -0.2) is 13.2 Å². The molecular weight excluding hydrogens is 297 g/mol. The molecule has 1 unspecified atom stereocenters. The summed E-state index contributed by atoms with van der Waals surface area (Å²) in [5.74, 6) is 0.0612. The van der Waals surface area contributed by atoms with Gasteiger partial charge in [-0.15, -0.1) is 11.6 Å². The van der Waals surface area contributed by atoms with Crippen molar-refractivity contribution in [1.29, 1.82) is 0 Å². The molecule has 114 valence electrons. The van der Waals surface area contributed by atoms with Crippen LogP contribution in [0.5, 0.6) is 11.5 Å². The molecule has 0 spiro atoms. The fourth-order valence-electron chi connectivity index (χ4n) is 1.62. The molecule has 1 rings (SSSR count). The number of hydrogen-bond acceptors (Lipinski definition) is 3. The molecule has 20 heavy (non-hydrogen) atoms. The fourth-order valence-corrected chi connectivity index (χ4v) is 1.88. The lowest BCUT2D eigenvalue weighted by atomic mass is 10.1. The average molecular weight is 313 g/mol. The van der Waals surface area contributed by atoms with E-state index in [-0.39, 0.29) is 24.3 Å². The van der Waals surface area contributed by atoms with E-state index in [0.29, 0.717) is 5.75 Å². The lowest BCUT2D eigenvalue weighted by Gasteiger charge is -2.14. The first-order chi connectivity index (χ1) is 9.49. The predicted molar refractivity (Wildman–Crippen MR) is 69.5 cm³/mol. The summed E-state index contributed by atoms with van der Waals surface area (Å²) in [6, 6.07) is 2.60. The lowest BCUT2D eigenvalue weighted by Crippen LogP contribution is -2.07. The Kier molecular flexibility index (Phi) is 6.95. The summed E-state index contributed by atoms with van der Waals surface area (Å²) in [7, 11) is 2.82. The number of alkyl halides is 3. The largest absolute Gasteiger partial charge is 0.493 e. The molecule has 0 aromatic heterocycles. The summed E-state index contributed by atoms with van der Waals surface area (Å²) in [6.45, 7) is -0.635. The molecule has 3 nitrogen and oxygen atoms in total. The van der Waals surface area contributed by atoms with Gasteiger partial charge in [0.25, 0.3) is 6.43 Å². The average Bonchev–Trinajstić information content (AvgIpc) is 2.42. The zero-order valence-corrected chi connectivity index (χ0v) is 11.9. The Labute approximate surface area is 120 Å². The molecule has 0 aliphatic rings. The summed E-state index contributed by atoms with van der Waals surface area (Å²) >= 11 is 6.05. The molecule has 0 radical (unpaired) electrons. The van der Waals surface area contributed by atoms with Gasteiger partial charge in [-0.05, 0) is 12.5 Å². The van der Waals surface area contributed by atoms with Crippen molar-refractivity contribution in [3.05, 3.63) is 23.5 Å². The number of ether oxygens (including phenoxy) is 3. The van der Waals surface area contributed by atoms with Gasteiger partial charge in [-0.3, -0.25) is 0 Å². The molecule has 0 aliphatic carbocycles. The van der Waals surface area contributed by atoms with Crippen LogP contribution in [0.25, 0.3) is 0 Å². The number of rotatable bonds is 8. The van der Waals surface area contributed by atoms with Gasteiger partial charge in [0.2, 0.25) is 0 Å². The van der Waals surface area contributed by atoms with Crippen molar-refractivity contribution < 1.29 is 27.4 Å². The van der Waals surface area contributed by atoms with Gasteiger partial charge in [0.05, 0.1) is 19.6 Å². The van der Waals surface area contributed by atoms with Crippen LogP contribution in [0, 0.1) is 5.82 Å². The first-order valence-electron chi connectivity index (χ1n) is 5.91. The standard InChI is InChI=1S/C13H16ClF3O3/c1-18-11-5-8(10(15)6-12(11)19-2)9(14)3-4-20-7-13(16)17/h5-6,9,13H,3-4,7H2,1-2H3. The molecule has 0 saturated carbocycles. The van der Waals surface area contributed by atoms with Gasteiger partial charge in [-0.2, -0.15) is 0 Å². The van der Waals surface area contributed by atoms with Crippen LogP contribution < -0.4 is 9.47 Å². The second-order valence-corrected chi connectivity index (χ2v) is 4.48. The minimum absolute atomic E-state index is 0.0201. The summed E-state index contributed by atoms with van der Waals surface area (Å²) in [5.41, 5.74) is 0.213. The van der Waals surface area contributed by atoms with Crippen LogP contribution >= 0.6 is 11.6 Å². The third kappa shape index (κ3) is 4.76. The Morgan fingerprint density at radius 2 is 1.75 bits per heavy atom. The first kappa shape index (κ1) is 16.9. The monoisotopic (exact) mass is 312 g/mol. The van der Waals surface area contributed by atoms with Crippen LogP contribution in [0.4, 0.5) is 13.2 Å². The Hall–Kier alpha value is -1.14. The van der Waals surface area contributed by atoms with Gasteiger partial charge in [0.1, 0.15) is 12.4 Å². The van der Waals surface area contributed by atoms with Crippen molar-refractivity contribution in [1.82, 2.24) is 0 Å². The van der Waals surface area contributed by atoms with E-state index in [4.69, 9.17) is 25.8 Å². The van der Waals surface area contributed by atoms with E-state index >= 15 is 0 Å². The van der Waals surface area contributed by atoms with Crippen molar-refractivity contribution in [3.63, 3.8) is 0 Å². The number of benzene rings is 1. The maximum atomic E-state index is 13.9. The van der Waals surface area contributed by atoms with Crippen LogP contribution in [0.15, 0.2) is 12.1 Å². The maximum Gasteiger partial charge on any atom is 0.261 e. The van der Waals surface area contributed by atoms with Crippen LogP contribution in [0.1, 0.15) is 17.4 Å². The van der Waals surface area contributed by atoms with Gasteiger partial charge in [0.15, 0.2) is 11.5 Å². The highest BCUT2D eigenvalue weighted by atomic mass is 35.5. The Balaban J connectivity index is 2.69. The van der Waals surface area contributed by atoms with E-state index in [9.17, 15) is 13.2 Å². The summed E-state index contributed by atoms with van der Waals surface area (Å²) < 4.78 is 52.4. The molecule has 1 aromatic rings. The zero-order chi connectivity index (χ0) is 15.1. The number of hydrogen-bond donors (Lipinski definition) is 0. The molecule has 0 heterocycles. The van der Waals surface area contributed by atoms with E-state index in [2.05, 4.69) is 0 Å². The minimum Gasteiger partial charge on any atom is -0.493 e. The number of halogens is 4. The highest BCUT2D eigenvalue weighted by Gasteiger charge is 2.18. The van der Waals surface area contributed by atoms with E-state index < -0.39 is 24.2 Å². The summed E-state index contributed by atoms with van der Waals surface area (Å²) in [6.07, 6.45) is -2.32. The van der Waals surface area contributed by atoms with Crippen LogP contribution in [0.3, 0.4) is 0 Å². The SMILES string of the molecule is COc1cc(F)c(C(Cl)CCOCC(F)F)cc1OC. The molecule has 1 aromatic carbocycles. The molecule has 0 aliphatic heterocycles.